The van der Waals surface area contributed by atoms with Crippen LogP contribution in [-0.4, -0.2) is 0 Å². The number of aryl methyl sites for hydroxylation is 1. The van der Waals surface area contributed by atoms with Crippen LogP contribution in [-0.2, 0) is 6.61 Å². The molecule has 3 heteroatoms. The first-order valence-electron chi connectivity index (χ1n) is 5.38. The van der Waals surface area contributed by atoms with Gasteiger partial charge in [0.1, 0.15) is 12.4 Å². The van der Waals surface area contributed by atoms with Gasteiger partial charge >= 0.3 is 0 Å². The third-order valence-electron chi connectivity index (χ3n) is 2.41. The highest BCUT2D eigenvalue weighted by Crippen LogP contribution is 2.19. The summed E-state index contributed by atoms with van der Waals surface area (Å²) in [7, 11) is 0. The average Bonchev–Trinajstić information content (AvgIpc) is 2.27. The van der Waals surface area contributed by atoms with Crippen LogP contribution in [0.2, 0.25) is 0 Å². The Bertz CT molecular complexity index is 488. The molecular formula is C14H14BrNO. The van der Waals surface area contributed by atoms with Gasteiger partial charge in [-0.05, 0) is 42.8 Å². The minimum Gasteiger partial charge on any atom is -0.489 e. The first-order chi connectivity index (χ1) is 8.13. The number of halogens is 1. The lowest BCUT2D eigenvalue weighted by molar-refractivity contribution is 0.306. The highest BCUT2D eigenvalue weighted by molar-refractivity contribution is 9.10. The van der Waals surface area contributed by atoms with Crippen molar-refractivity contribution in [3.8, 4) is 5.75 Å². The van der Waals surface area contributed by atoms with E-state index in [2.05, 4.69) is 22.9 Å². The molecule has 0 bridgehead atoms. The van der Waals surface area contributed by atoms with Crippen molar-refractivity contribution in [2.45, 2.75) is 13.5 Å². The summed E-state index contributed by atoms with van der Waals surface area (Å²) in [5, 5.41) is 0. The Morgan fingerprint density at radius 3 is 2.47 bits per heavy atom. The molecule has 88 valence electrons. The van der Waals surface area contributed by atoms with E-state index in [0.29, 0.717) is 6.61 Å². The zero-order chi connectivity index (χ0) is 12.3. The number of nitrogen functional groups attached to an aromatic ring is 1. The quantitative estimate of drug-likeness (QED) is 0.870. The van der Waals surface area contributed by atoms with Gasteiger partial charge in [-0.3, -0.25) is 0 Å². The Hall–Kier alpha value is -1.48. The van der Waals surface area contributed by atoms with E-state index in [1.807, 2.05) is 42.5 Å². The molecule has 0 atom stereocenters. The van der Waals surface area contributed by atoms with Crippen LogP contribution in [0.5, 0.6) is 5.75 Å². The summed E-state index contributed by atoms with van der Waals surface area (Å²) >= 11 is 3.41. The van der Waals surface area contributed by atoms with Crippen LogP contribution in [0.15, 0.2) is 46.9 Å². The van der Waals surface area contributed by atoms with Crippen molar-refractivity contribution in [3.05, 3.63) is 58.1 Å². The summed E-state index contributed by atoms with van der Waals surface area (Å²) in [6.45, 7) is 2.57. The maximum atomic E-state index is 5.76. The Labute approximate surface area is 110 Å². The largest absolute Gasteiger partial charge is 0.489 e. The zero-order valence-electron chi connectivity index (χ0n) is 9.61. The highest BCUT2D eigenvalue weighted by atomic mass is 79.9. The summed E-state index contributed by atoms with van der Waals surface area (Å²) in [5.41, 5.74) is 8.78. The fourth-order valence-corrected chi connectivity index (χ4v) is 2.12. The van der Waals surface area contributed by atoms with Gasteiger partial charge in [-0.2, -0.15) is 0 Å². The molecule has 0 heterocycles. The van der Waals surface area contributed by atoms with Crippen LogP contribution < -0.4 is 10.5 Å². The second-order valence-corrected chi connectivity index (χ2v) is 4.91. The number of anilines is 1. The average molecular weight is 292 g/mol. The monoisotopic (exact) mass is 291 g/mol. The lowest BCUT2D eigenvalue weighted by atomic mass is 10.2. The first-order valence-corrected chi connectivity index (χ1v) is 6.17. The van der Waals surface area contributed by atoms with Crippen LogP contribution >= 0.6 is 15.9 Å². The molecule has 0 aliphatic rings. The molecule has 0 amide bonds. The van der Waals surface area contributed by atoms with Gasteiger partial charge in [0, 0.05) is 10.2 Å². The smallest absolute Gasteiger partial charge is 0.119 e. The second-order valence-electron chi connectivity index (χ2n) is 3.99. The molecule has 0 saturated heterocycles. The topological polar surface area (TPSA) is 35.2 Å². The molecular weight excluding hydrogens is 278 g/mol. The Morgan fingerprint density at radius 1 is 1.12 bits per heavy atom. The molecule has 0 aliphatic heterocycles. The van der Waals surface area contributed by atoms with E-state index in [0.717, 1.165) is 21.5 Å². The Balaban J connectivity index is 2.04. The van der Waals surface area contributed by atoms with Gasteiger partial charge in [-0.15, -0.1) is 0 Å². The minimum absolute atomic E-state index is 0.521. The van der Waals surface area contributed by atoms with Crippen molar-refractivity contribution in [1.29, 1.82) is 0 Å². The molecule has 2 N–H and O–H groups in total. The number of benzene rings is 2. The molecule has 0 unspecified atom stereocenters. The molecule has 0 radical (unpaired) electrons. The van der Waals surface area contributed by atoms with Gasteiger partial charge < -0.3 is 10.5 Å². The molecule has 2 rings (SSSR count). The van der Waals surface area contributed by atoms with E-state index in [1.165, 1.54) is 5.56 Å². The lowest BCUT2D eigenvalue weighted by Crippen LogP contribution is -1.97. The molecule has 2 aromatic rings. The van der Waals surface area contributed by atoms with E-state index in [4.69, 9.17) is 10.5 Å². The molecule has 17 heavy (non-hydrogen) atoms. The highest BCUT2D eigenvalue weighted by Gasteiger charge is 1.99. The van der Waals surface area contributed by atoms with Crippen LogP contribution in [0.25, 0.3) is 0 Å². The van der Waals surface area contributed by atoms with Gasteiger partial charge in [0.2, 0.25) is 0 Å². The molecule has 2 nitrogen and oxygen atoms in total. The van der Waals surface area contributed by atoms with Gasteiger partial charge in [0.05, 0.1) is 0 Å². The first kappa shape index (κ1) is 12.0. The number of ether oxygens (including phenoxy) is 1. The van der Waals surface area contributed by atoms with Gasteiger partial charge in [0.25, 0.3) is 0 Å². The summed E-state index contributed by atoms with van der Waals surface area (Å²) in [4.78, 5) is 0. The Morgan fingerprint density at radius 2 is 1.82 bits per heavy atom. The van der Waals surface area contributed by atoms with Crippen molar-refractivity contribution < 1.29 is 4.74 Å². The Kier molecular flexibility index (Phi) is 3.69. The molecule has 2 aromatic carbocycles. The van der Waals surface area contributed by atoms with Crippen molar-refractivity contribution in [3.63, 3.8) is 0 Å². The van der Waals surface area contributed by atoms with Gasteiger partial charge in [-0.1, -0.05) is 33.6 Å². The molecule has 0 aliphatic carbocycles. The fraction of sp³-hybridized carbons (Fsp3) is 0.143. The zero-order valence-corrected chi connectivity index (χ0v) is 11.2. The number of hydrogen-bond acceptors (Lipinski definition) is 2. The summed E-state index contributed by atoms with van der Waals surface area (Å²) in [5.74, 6) is 0.870. The second kappa shape index (κ2) is 5.23. The summed E-state index contributed by atoms with van der Waals surface area (Å²) in [6, 6.07) is 13.8. The van der Waals surface area contributed by atoms with Crippen molar-refractivity contribution in [2.75, 3.05) is 5.73 Å². The molecule has 0 aromatic heterocycles. The van der Waals surface area contributed by atoms with E-state index in [9.17, 15) is 0 Å². The predicted molar refractivity (Wildman–Crippen MR) is 74.1 cm³/mol. The van der Waals surface area contributed by atoms with E-state index >= 15 is 0 Å². The standard InChI is InChI=1S/C14H14BrNO/c1-10-2-4-14(5-3-10)17-9-11-6-12(15)8-13(16)7-11/h2-8H,9,16H2,1H3. The third-order valence-corrected chi connectivity index (χ3v) is 2.86. The normalized spacial score (nSPS) is 10.2. The van der Waals surface area contributed by atoms with Crippen LogP contribution in [0.3, 0.4) is 0 Å². The number of hydrogen-bond donors (Lipinski definition) is 1. The van der Waals surface area contributed by atoms with E-state index < -0.39 is 0 Å². The van der Waals surface area contributed by atoms with Gasteiger partial charge in [0.15, 0.2) is 0 Å². The number of rotatable bonds is 3. The van der Waals surface area contributed by atoms with E-state index in [-0.39, 0.29) is 0 Å². The lowest BCUT2D eigenvalue weighted by Gasteiger charge is -2.07. The third kappa shape index (κ3) is 3.49. The predicted octanol–water partition coefficient (Wildman–Crippen LogP) is 3.92. The van der Waals surface area contributed by atoms with Crippen molar-refractivity contribution in [1.82, 2.24) is 0 Å². The van der Waals surface area contributed by atoms with Crippen LogP contribution in [0.1, 0.15) is 11.1 Å². The van der Waals surface area contributed by atoms with Crippen molar-refractivity contribution >= 4 is 21.6 Å². The molecule has 0 fully saturated rings. The van der Waals surface area contributed by atoms with E-state index in [1.54, 1.807) is 0 Å². The van der Waals surface area contributed by atoms with Crippen molar-refractivity contribution in [2.24, 2.45) is 0 Å². The van der Waals surface area contributed by atoms with Gasteiger partial charge in [-0.25, -0.2) is 0 Å². The SMILES string of the molecule is Cc1ccc(OCc2cc(N)cc(Br)c2)cc1. The maximum absolute atomic E-state index is 5.76. The fourth-order valence-electron chi connectivity index (χ4n) is 1.56. The minimum atomic E-state index is 0.521. The van der Waals surface area contributed by atoms with Crippen LogP contribution in [0.4, 0.5) is 5.69 Å². The summed E-state index contributed by atoms with van der Waals surface area (Å²) < 4.78 is 6.65. The molecule has 0 saturated carbocycles. The van der Waals surface area contributed by atoms with Crippen LogP contribution in [0, 0.1) is 6.92 Å². The summed E-state index contributed by atoms with van der Waals surface area (Å²) in [6.07, 6.45) is 0. The molecule has 0 spiro atoms. The number of nitrogens with two attached hydrogens (primary N) is 1. The maximum Gasteiger partial charge on any atom is 0.119 e.